The Hall–Kier alpha value is -3.48. The van der Waals surface area contributed by atoms with E-state index in [1.54, 1.807) is 27.8 Å². The number of hydrogen-bond acceptors (Lipinski definition) is 3. The third-order valence-electron chi connectivity index (χ3n) is 6.13. The second kappa shape index (κ2) is 14.3. The lowest BCUT2D eigenvalue weighted by Gasteiger charge is -2.24. The lowest BCUT2D eigenvalue weighted by atomic mass is 10.1. The van der Waals surface area contributed by atoms with Gasteiger partial charge in [0, 0.05) is 24.6 Å². The zero-order chi connectivity index (χ0) is 26.6. The molecule has 1 N–H and O–H groups in total. The molecule has 3 aromatic rings. The van der Waals surface area contributed by atoms with Crippen LogP contribution in [0.4, 0.5) is 10.2 Å². The minimum absolute atomic E-state index is 0.0105. The van der Waals surface area contributed by atoms with Gasteiger partial charge in [-0.25, -0.2) is 9.07 Å². The molecule has 37 heavy (non-hydrogen) atoms. The molecule has 0 radical (unpaired) electrons. The lowest BCUT2D eigenvalue weighted by Crippen LogP contribution is -2.40. The first-order chi connectivity index (χ1) is 17.9. The van der Waals surface area contributed by atoms with E-state index in [0.29, 0.717) is 30.2 Å². The zero-order valence-corrected chi connectivity index (χ0v) is 22.3. The van der Waals surface area contributed by atoms with Crippen LogP contribution in [0.2, 0.25) is 0 Å². The molecule has 2 amide bonds. The number of anilines is 1. The molecule has 0 atom stereocenters. The second-order valence-corrected chi connectivity index (χ2v) is 9.90. The van der Waals surface area contributed by atoms with Crippen molar-refractivity contribution in [2.24, 2.45) is 5.92 Å². The van der Waals surface area contributed by atoms with E-state index in [0.717, 1.165) is 24.8 Å². The fourth-order valence-electron chi connectivity index (χ4n) is 4.26. The summed E-state index contributed by atoms with van der Waals surface area (Å²) < 4.78 is 15.1. The van der Waals surface area contributed by atoms with E-state index < -0.39 is 0 Å². The number of aromatic nitrogens is 2. The summed E-state index contributed by atoms with van der Waals surface area (Å²) in [5, 5.41) is 7.60. The number of carbonyl (C=O) groups is 2. The molecule has 3 rings (SSSR count). The monoisotopic (exact) mass is 506 g/mol. The van der Waals surface area contributed by atoms with Crippen molar-refractivity contribution < 1.29 is 14.0 Å². The molecular formula is C30H39FN4O2. The smallest absolute Gasteiger partial charge is 0.245 e. The molecule has 0 saturated heterocycles. The van der Waals surface area contributed by atoms with Crippen LogP contribution in [0.1, 0.15) is 65.7 Å². The standard InChI is InChI=1S/C30H39FN4O2/c1-4-5-6-7-8-12-15-30(37)34(21-23(2)3)22-29(36)32-28-20-27(24-13-10-9-11-14-24)33-35(28)26-18-16-25(31)17-19-26/h9-11,13-14,16-20,23H,4-8,12,15,21-22H2,1-3H3,(H,32,36). The molecule has 0 unspecified atom stereocenters. The summed E-state index contributed by atoms with van der Waals surface area (Å²) in [6.07, 6.45) is 7.11. The average Bonchev–Trinajstić information content (AvgIpc) is 3.30. The predicted molar refractivity (Wildman–Crippen MR) is 147 cm³/mol. The minimum Gasteiger partial charge on any atom is -0.333 e. The van der Waals surface area contributed by atoms with Gasteiger partial charge in [0.25, 0.3) is 0 Å². The Morgan fingerprint density at radius 3 is 2.32 bits per heavy atom. The number of amides is 2. The Labute approximate surface area is 219 Å². The van der Waals surface area contributed by atoms with E-state index in [4.69, 9.17) is 0 Å². The quantitative estimate of drug-likeness (QED) is 0.243. The number of hydrogen-bond donors (Lipinski definition) is 1. The first-order valence-corrected chi connectivity index (χ1v) is 13.4. The van der Waals surface area contributed by atoms with Gasteiger partial charge >= 0.3 is 0 Å². The van der Waals surface area contributed by atoms with Gasteiger partial charge in [0.15, 0.2) is 0 Å². The Morgan fingerprint density at radius 2 is 1.65 bits per heavy atom. The van der Waals surface area contributed by atoms with Crippen molar-refractivity contribution in [1.29, 1.82) is 0 Å². The van der Waals surface area contributed by atoms with E-state index in [2.05, 4.69) is 17.3 Å². The molecular weight excluding hydrogens is 467 g/mol. The van der Waals surface area contributed by atoms with Crippen molar-refractivity contribution in [2.45, 2.75) is 65.7 Å². The molecule has 7 heteroatoms. The number of carbonyl (C=O) groups excluding carboxylic acids is 2. The first-order valence-electron chi connectivity index (χ1n) is 13.4. The largest absolute Gasteiger partial charge is 0.333 e. The second-order valence-electron chi connectivity index (χ2n) is 9.90. The van der Waals surface area contributed by atoms with Crippen LogP contribution in [-0.2, 0) is 9.59 Å². The van der Waals surface area contributed by atoms with Crippen molar-refractivity contribution in [3.8, 4) is 16.9 Å². The molecule has 1 heterocycles. The molecule has 6 nitrogen and oxygen atoms in total. The van der Waals surface area contributed by atoms with Crippen LogP contribution in [-0.4, -0.2) is 39.6 Å². The Morgan fingerprint density at radius 1 is 0.973 bits per heavy atom. The Balaban J connectivity index is 1.72. The molecule has 198 valence electrons. The van der Waals surface area contributed by atoms with Crippen molar-refractivity contribution in [3.05, 3.63) is 66.5 Å². The lowest BCUT2D eigenvalue weighted by molar-refractivity contribution is -0.135. The highest BCUT2D eigenvalue weighted by molar-refractivity contribution is 5.94. The molecule has 1 aromatic heterocycles. The predicted octanol–water partition coefficient (Wildman–Crippen LogP) is 6.85. The van der Waals surface area contributed by atoms with Crippen LogP contribution in [0.25, 0.3) is 16.9 Å². The van der Waals surface area contributed by atoms with Crippen LogP contribution >= 0.6 is 0 Å². The fourth-order valence-corrected chi connectivity index (χ4v) is 4.26. The van der Waals surface area contributed by atoms with Gasteiger partial charge in [-0.3, -0.25) is 9.59 Å². The number of nitrogens with zero attached hydrogens (tertiary/aromatic N) is 3. The highest BCUT2D eigenvalue weighted by Crippen LogP contribution is 2.25. The first kappa shape index (κ1) is 28.1. The minimum atomic E-state index is -0.349. The number of rotatable bonds is 14. The van der Waals surface area contributed by atoms with Gasteiger partial charge in [-0.1, -0.05) is 83.2 Å². The van der Waals surface area contributed by atoms with E-state index in [-0.39, 0.29) is 30.1 Å². The summed E-state index contributed by atoms with van der Waals surface area (Å²) >= 11 is 0. The van der Waals surface area contributed by atoms with Gasteiger partial charge in [0.05, 0.1) is 17.9 Å². The van der Waals surface area contributed by atoms with Gasteiger partial charge < -0.3 is 10.2 Å². The normalized spacial score (nSPS) is 11.1. The molecule has 0 bridgehead atoms. The molecule has 0 aliphatic heterocycles. The van der Waals surface area contributed by atoms with Gasteiger partial charge in [0.2, 0.25) is 11.8 Å². The summed E-state index contributed by atoms with van der Waals surface area (Å²) in [5.41, 5.74) is 2.20. The highest BCUT2D eigenvalue weighted by atomic mass is 19.1. The third kappa shape index (κ3) is 8.85. The SMILES string of the molecule is CCCCCCCCC(=O)N(CC(=O)Nc1cc(-c2ccccc2)nn1-c1ccc(F)cc1)CC(C)C. The highest BCUT2D eigenvalue weighted by Gasteiger charge is 2.20. The summed E-state index contributed by atoms with van der Waals surface area (Å²) in [5.74, 6) is 0.0771. The van der Waals surface area contributed by atoms with E-state index in [1.807, 2.05) is 44.2 Å². The van der Waals surface area contributed by atoms with Gasteiger partial charge in [-0.05, 0) is 36.6 Å². The van der Waals surface area contributed by atoms with Crippen LogP contribution in [0.5, 0.6) is 0 Å². The summed E-state index contributed by atoms with van der Waals surface area (Å²) in [6, 6.07) is 17.4. The van der Waals surface area contributed by atoms with Crippen LogP contribution in [0.15, 0.2) is 60.7 Å². The van der Waals surface area contributed by atoms with E-state index >= 15 is 0 Å². The van der Waals surface area contributed by atoms with Crippen molar-refractivity contribution in [1.82, 2.24) is 14.7 Å². The summed E-state index contributed by atoms with van der Waals surface area (Å²) in [6.45, 7) is 6.77. The molecule has 0 aliphatic rings. The third-order valence-corrected chi connectivity index (χ3v) is 6.13. The average molecular weight is 507 g/mol. The maximum absolute atomic E-state index is 13.5. The molecule has 0 aliphatic carbocycles. The summed E-state index contributed by atoms with van der Waals surface area (Å²) in [7, 11) is 0. The van der Waals surface area contributed by atoms with Crippen molar-refractivity contribution in [2.75, 3.05) is 18.4 Å². The Bertz CT molecular complexity index is 1130. The van der Waals surface area contributed by atoms with Crippen LogP contribution < -0.4 is 5.32 Å². The van der Waals surface area contributed by atoms with Crippen molar-refractivity contribution >= 4 is 17.6 Å². The maximum Gasteiger partial charge on any atom is 0.245 e. The van der Waals surface area contributed by atoms with Gasteiger partial charge in [-0.15, -0.1) is 0 Å². The van der Waals surface area contributed by atoms with Crippen LogP contribution in [0, 0.1) is 11.7 Å². The molecule has 0 spiro atoms. The number of benzene rings is 2. The number of halogens is 1. The zero-order valence-electron chi connectivity index (χ0n) is 22.3. The van der Waals surface area contributed by atoms with Crippen molar-refractivity contribution in [3.63, 3.8) is 0 Å². The topological polar surface area (TPSA) is 67.2 Å². The summed E-state index contributed by atoms with van der Waals surface area (Å²) in [4.78, 5) is 27.7. The van der Waals surface area contributed by atoms with E-state index in [9.17, 15) is 14.0 Å². The molecule has 2 aromatic carbocycles. The number of nitrogens with one attached hydrogen (secondary N) is 1. The van der Waals surface area contributed by atoms with Gasteiger partial charge in [0.1, 0.15) is 11.6 Å². The van der Waals surface area contributed by atoms with Gasteiger partial charge in [-0.2, -0.15) is 5.10 Å². The van der Waals surface area contributed by atoms with Crippen LogP contribution in [0.3, 0.4) is 0 Å². The molecule has 0 saturated carbocycles. The Kier molecular flexibility index (Phi) is 10.9. The van der Waals surface area contributed by atoms with E-state index in [1.165, 1.54) is 31.4 Å². The maximum atomic E-state index is 13.5. The molecule has 0 fully saturated rings. The number of unbranched alkanes of at least 4 members (excludes halogenated alkanes) is 5. The fraction of sp³-hybridized carbons (Fsp3) is 0.433.